The van der Waals surface area contributed by atoms with Crippen molar-refractivity contribution in [2.24, 2.45) is 4.99 Å². The van der Waals surface area contributed by atoms with Crippen molar-refractivity contribution in [3.63, 3.8) is 0 Å². The summed E-state index contributed by atoms with van der Waals surface area (Å²) in [4.78, 5) is 44.1. The molecule has 174 valence electrons. The number of hydrogen-bond acceptors (Lipinski definition) is 7. The summed E-state index contributed by atoms with van der Waals surface area (Å²) in [5.41, 5.74) is 1.27. The molecule has 1 saturated heterocycles. The number of ether oxygens (including phenoxy) is 1. The van der Waals surface area contributed by atoms with Gasteiger partial charge in [0.1, 0.15) is 11.0 Å². The predicted octanol–water partition coefficient (Wildman–Crippen LogP) is 4.62. The maximum Gasteiger partial charge on any atom is 0.335 e. The molecule has 3 aromatic rings. The number of rotatable bonds is 8. The minimum Gasteiger partial charge on any atom is -0.497 e. The van der Waals surface area contributed by atoms with Crippen LogP contribution in [0.25, 0.3) is 0 Å². The predicted molar refractivity (Wildman–Crippen MR) is 133 cm³/mol. The molecule has 1 atom stereocenters. The van der Waals surface area contributed by atoms with E-state index in [-0.39, 0.29) is 23.8 Å². The first kappa shape index (κ1) is 23.5. The van der Waals surface area contributed by atoms with Crippen LogP contribution in [-0.2, 0) is 16.1 Å². The summed E-state index contributed by atoms with van der Waals surface area (Å²) in [6, 6.07) is 16.9. The highest BCUT2D eigenvalue weighted by atomic mass is 32.2. The van der Waals surface area contributed by atoms with Gasteiger partial charge in [-0.15, -0.1) is 11.3 Å². The SMILES string of the molecule is COc1ccc(N=C2S[C@H](CC(=O)Nc3ccc(C(=O)O)cc3)C(=O)N2Cc2cccs2)cc1. The lowest BCUT2D eigenvalue weighted by Gasteiger charge is -2.15. The van der Waals surface area contributed by atoms with Gasteiger partial charge in [-0.3, -0.25) is 14.5 Å². The Bertz CT molecular complexity index is 1210. The van der Waals surface area contributed by atoms with Crippen LogP contribution in [0.15, 0.2) is 71.0 Å². The zero-order valence-electron chi connectivity index (χ0n) is 18.1. The van der Waals surface area contributed by atoms with Crippen LogP contribution in [0.4, 0.5) is 11.4 Å². The molecule has 0 spiro atoms. The van der Waals surface area contributed by atoms with Gasteiger partial charge in [-0.05, 0) is 60.0 Å². The van der Waals surface area contributed by atoms with Gasteiger partial charge in [-0.2, -0.15) is 0 Å². The molecule has 1 aliphatic heterocycles. The minimum atomic E-state index is -1.04. The smallest absolute Gasteiger partial charge is 0.335 e. The summed E-state index contributed by atoms with van der Waals surface area (Å²) >= 11 is 2.81. The van der Waals surface area contributed by atoms with Gasteiger partial charge in [0.25, 0.3) is 0 Å². The monoisotopic (exact) mass is 495 g/mol. The molecule has 2 aromatic carbocycles. The van der Waals surface area contributed by atoms with E-state index in [2.05, 4.69) is 10.3 Å². The molecule has 2 N–H and O–H groups in total. The Labute approximate surface area is 204 Å². The molecule has 4 rings (SSSR count). The Morgan fingerprint density at radius 1 is 1.12 bits per heavy atom. The fraction of sp³-hybridized carbons (Fsp3) is 0.167. The highest BCUT2D eigenvalue weighted by Gasteiger charge is 2.39. The van der Waals surface area contributed by atoms with Crippen molar-refractivity contribution in [3.05, 3.63) is 76.5 Å². The summed E-state index contributed by atoms with van der Waals surface area (Å²) in [5.74, 6) is -0.849. The van der Waals surface area contributed by atoms with Crippen LogP contribution in [-0.4, -0.2) is 45.3 Å². The lowest BCUT2D eigenvalue weighted by atomic mass is 10.2. The van der Waals surface area contributed by atoms with Crippen LogP contribution in [0.5, 0.6) is 5.75 Å². The third-order valence-electron chi connectivity index (χ3n) is 5.00. The zero-order chi connectivity index (χ0) is 24.1. The maximum atomic E-state index is 13.2. The number of aliphatic imine (C=N–C) groups is 1. The number of methoxy groups -OCH3 is 1. The Morgan fingerprint density at radius 2 is 1.85 bits per heavy atom. The van der Waals surface area contributed by atoms with Crippen LogP contribution in [0, 0.1) is 0 Å². The van der Waals surface area contributed by atoms with Crippen molar-refractivity contribution < 1.29 is 24.2 Å². The molecule has 10 heteroatoms. The Hall–Kier alpha value is -3.63. The number of aromatic carboxylic acids is 1. The van der Waals surface area contributed by atoms with E-state index in [1.54, 1.807) is 47.6 Å². The van der Waals surface area contributed by atoms with Gasteiger partial charge in [0, 0.05) is 17.0 Å². The zero-order valence-corrected chi connectivity index (χ0v) is 19.8. The highest BCUT2D eigenvalue weighted by molar-refractivity contribution is 8.15. The number of carbonyl (C=O) groups is 3. The fourth-order valence-corrected chi connectivity index (χ4v) is 5.12. The number of carboxylic acids is 1. The quantitative estimate of drug-likeness (QED) is 0.472. The Morgan fingerprint density at radius 3 is 2.47 bits per heavy atom. The van der Waals surface area contributed by atoms with Crippen molar-refractivity contribution >= 4 is 57.4 Å². The second-order valence-corrected chi connectivity index (χ2v) is 9.54. The topological polar surface area (TPSA) is 108 Å². The second kappa shape index (κ2) is 10.5. The summed E-state index contributed by atoms with van der Waals surface area (Å²) in [7, 11) is 1.59. The van der Waals surface area contributed by atoms with E-state index in [1.165, 1.54) is 36.0 Å². The average Bonchev–Trinajstić information content (AvgIpc) is 3.44. The number of thioether (sulfide) groups is 1. The Kier molecular flexibility index (Phi) is 7.29. The van der Waals surface area contributed by atoms with Crippen LogP contribution < -0.4 is 10.1 Å². The number of amidine groups is 1. The third-order valence-corrected chi connectivity index (χ3v) is 7.03. The molecule has 0 saturated carbocycles. The molecular weight excluding hydrogens is 474 g/mol. The van der Waals surface area contributed by atoms with E-state index in [1.807, 2.05) is 17.5 Å². The lowest BCUT2D eigenvalue weighted by molar-refractivity contribution is -0.128. The van der Waals surface area contributed by atoms with Crippen LogP contribution in [0.2, 0.25) is 0 Å². The number of thiophene rings is 1. The Balaban J connectivity index is 1.49. The van der Waals surface area contributed by atoms with E-state index in [0.717, 1.165) is 4.88 Å². The van der Waals surface area contributed by atoms with Crippen LogP contribution in [0.3, 0.4) is 0 Å². The van der Waals surface area contributed by atoms with Gasteiger partial charge >= 0.3 is 5.97 Å². The van der Waals surface area contributed by atoms with Gasteiger partial charge in [0.2, 0.25) is 11.8 Å². The van der Waals surface area contributed by atoms with Crippen molar-refractivity contribution in [3.8, 4) is 5.75 Å². The number of carboxylic acid groups (broad SMARTS) is 1. The van der Waals surface area contributed by atoms with E-state index >= 15 is 0 Å². The van der Waals surface area contributed by atoms with Crippen LogP contribution in [0.1, 0.15) is 21.7 Å². The van der Waals surface area contributed by atoms with Crippen molar-refractivity contribution in [2.75, 3.05) is 12.4 Å². The van der Waals surface area contributed by atoms with Gasteiger partial charge in [0.05, 0.1) is 24.9 Å². The molecule has 2 heterocycles. The highest BCUT2D eigenvalue weighted by Crippen LogP contribution is 2.34. The van der Waals surface area contributed by atoms with E-state index < -0.39 is 11.2 Å². The molecule has 1 aliphatic rings. The van der Waals surface area contributed by atoms with E-state index in [0.29, 0.717) is 28.8 Å². The van der Waals surface area contributed by atoms with Crippen LogP contribution >= 0.6 is 23.1 Å². The first-order valence-corrected chi connectivity index (χ1v) is 12.1. The van der Waals surface area contributed by atoms with E-state index in [9.17, 15) is 14.4 Å². The molecule has 8 nitrogen and oxygen atoms in total. The number of nitrogens with zero attached hydrogens (tertiary/aromatic N) is 2. The van der Waals surface area contributed by atoms with Gasteiger partial charge in [-0.1, -0.05) is 17.8 Å². The minimum absolute atomic E-state index is 0.0350. The van der Waals surface area contributed by atoms with Gasteiger partial charge < -0.3 is 15.2 Å². The first-order chi connectivity index (χ1) is 16.4. The number of hydrogen-bond donors (Lipinski definition) is 2. The fourth-order valence-electron chi connectivity index (χ4n) is 3.27. The molecule has 0 radical (unpaired) electrons. The molecule has 1 fully saturated rings. The van der Waals surface area contributed by atoms with E-state index in [4.69, 9.17) is 9.84 Å². The lowest BCUT2D eigenvalue weighted by Crippen LogP contribution is -2.32. The molecule has 34 heavy (non-hydrogen) atoms. The summed E-state index contributed by atoms with van der Waals surface area (Å²) in [5, 5.41) is 13.6. The molecule has 0 bridgehead atoms. The molecule has 1 aromatic heterocycles. The average molecular weight is 496 g/mol. The van der Waals surface area contributed by atoms with Crippen molar-refractivity contribution in [2.45, 2.75) is 18.2 Å². The molecular formula is C24H21N3O5S2. The number of benzene rings is 2. The molecule has 2 amide bonds. The number of amides is 2. The maximum absolute atomic E-state index is 13.2. The molecule has 0 unspecified atom stereocenters. The number of carbonyl (C=O) groups excluding carboxylic acids is 2. The van der Waals surface area contributed by atoms with Crippen molar-refractivity contribution in [1.29, 1.82) is 0 Å². The summed E-state index contributed by atoms with van der Waals surface area (Å²) in [6.07, 6.45) is -0.0350. The van der Waals surface area contributed by atoms with Crippen molar-refractivity contribution in [1.82, 2.24) is 4.90 Å². The second-order valence-electron chi connectivity index (χ2n) is 7.34. The number of nitrogens with one attached hydrogen (secondary N) is 1. The first-order valence-electron chi connectivity index (χ1n) is 10.3. The third kappa shape index (κ3) is 5.64. The largest absolute Gasteiger partial charge is 0.497 e. The number of anilines is 1. The molecule has 0 aliphatic carbocycles. The standard InChI is InChI=1S/C24H21N3O5S2/c1-32-18-10-8-17(9-11-18)26-24-27(14-19-3-2-12-33-19)22(29)20(34-24)13-21(28)25-16-6-4-15(5-7-16)23(30)31/h2-12,20H,13-14H2,1H3,(H,25,28)(H,30,31)/t20-/m1/s1. The normalized spacial score (nSPS) is 16.6. The van der Waals surface area contributed by atoms with Gasteiger partial charge in [-0.25, -0.2) is 9.79 Å². The van der Waals surface area contributed by atoms with Gasteiger partial charge in [0.15, 0.2) is 5.17 Å². The summed E-state index contributed by atoms with van der Waals surface area (Å²) < 4.78 is 5.18. The summed E-state index contributed by atoms with van der Waals surface area (Å²) in [6.45, 7) is 0.382.